The van der Waals surface area contributed by atoms with Gasteiger partial charge in [0.05, 0.1) is 0 Å². The van der Waals surface area contributed by atoms with Gasteiger partial charge in [-0.15, -0.1) is 5.21 Å². The predicted molar refractivity (Wildman–Crippen MR) is 83.6 cm³/mol. The van der Waals surface area contributed by atoms with Crippen LogP contribution >= 0.6 is 0 Å². The van der Waals surface area contributed by atoms with E-state index in [1.54, 1.807) is 45.0 Å². The van der Waals surface area contributed by atoms with Crippen LogP contribution in [0.15, 0.2) is 30.3 Å². The van der Waals surface area contributed by atoms with Crippen molar-refractivity contribution >= 4 is 12.1 Å². The minimum Gasteiger partial charge on any atom is -0.458 e. The molecule has 9 heteroatoms. The zero-order valence-corrected chi connectivity index (χ0v) is 16.2. The second-order valence-electron chi connectivity index (χ2n) is 6.00. The number of carbonyl (C=O) groups is 2. The first-order valence-corrected chi connectivity index (χ1v) is 7.34. The molecule has 0 saturated heterocycles. The van der Waals surface area contributed by atoms with E-state index in [2.05, 4.69) is 26.9 Å². The summed E-state index contributed by atoms with van der Waals surface area (Å²) in [6, 6.07) is 7.83. The van der Waals surface area contributed by atoms with Gasteiger partial charge in [0.15, 0.2) is 6.04 Å². The van der Waals surface area contributed by atoms with Crippen LogP contribution in [-0.2, 0) is 43.3 Å². The number of benzene rings is 1. The number of aromatic amines is 1. The van der Waals surface area contributed by atoms with Crippen molar-refractivity contribution in [2.45, 2.75) is 39.0 Å². The maximum absolute atomic E-state index is 12.4. The first-order chi connectivity index (χ1) is 11.3. The summed E-state index contributed by atoms with van der Waals surface area (Å²) in [5, 5.41) is 12.0. The SMILES string of the molecule is CC(C)(C)OC(=O)[C@H](NC(=O)OCc1[c-]nn[nH]1)c1ccccc1.[Au+]. The Morgan fingerprint density at radius 2 is 1.96 bits per heavy atom. The Balaban J connectivity index is 0.00000312. The number of aromatic nitrogens is 3. The zero-order chi connectivity index (χ0) is 17.6. The minimum atomic E-state index is -0.971. The van der Waals surface area contributed by atoms with Crippen LogP contribution in [0.2, 0.25) is 0 Å². The van der Waals surface area contributed by atoms with Crippen molar-refractivity contribution in [2.75, 3.05) is 0 Å². The summed E-state index contributed by atoms with van der Waals surface area (Å²) >= 11 is 0. The normalized spacial score (nSPS) is 11.8. The van der Waals surface area contributed by atoms with Gasteiger partial charge in [-0.05, 0) is 26.3 Å². The molecule has 0 spiro atoms. The number of hydrogen-bond donors (Lipinski definition) is 2. The van der Waals surface area contributed by atoms with Crippen LogP contribution in [0, 0.1) is 6.20 Å². The van der Waals surface area contributed by atoms with Crippen molar-refractivity contribution < 1.29 is 41.4 Å². The van der Waals surface area contributed by atoms with E-state index in [9.17, 15) is 9.59 Å². The maximum atomic E-state index is 12.4. The monoisotopic (exact) mass is 528 g/mol. The number of nitrogens with zero attached hydrogens (tertiary/aromatic N) is 2. The van der Waals surface area contributed by atoms with E-state index in [1.165, 1.54) is 0 Å². The Morgan fingerprint density at radius 1 is 1.28 bits per heavy atom. The van der Waals surface area contributed by atoms with Crippen LogP contribution < -0.4 is 5.32 Å². The van der Waals surface area contributed by atoms with Crippen LogP contribution in [0.3, 0.4) is 0 Å². The quantitative estimate of drug-likeness (QED) is 0.349. The van der Waals surface area contributed by atoms with Gasteiger partial charge in [0.1, 0.15) is 12.2 Å². The molecule has 25 heavy (non-hydrogen) atoms. The van der Waals surface area contributed by atoms with Gasteiger partial charge in [0.2, 0.25) is 0 Å². The summed E-state index contributed by atoms with van der Waals surface area (Å²) in [7, 11) is 0. The van der Waals surface area contributed by atoms with E-state index < -0.39 is 23.7 Å². The summed E-state index contributed by atoms with van der Waals surface area (Å²) in [5.41, 5.74) is 0.337. The number of nitrogens with one attached hydrogen (secondary N) is 2. The van der Waals surface area contributed by atoms with Gasteiger partial charge in [-0.3, -0.25) is 5.10 Å². The molecule has 1 amide bonds. The molecular weight excluding hydrogens is 509 g/mol. The molecule has 0 radical (unpaired) electrons. The molecule has 0 fully saturated rings. The number of amides is 1. The van der Waals surface area contributed by atoms with Crippen LogP contribution in [0.25, 0.3) is 0 Å². The summed E-state index contributed by atoms with van der Waals surface area (Å²) in [6.45, 7) is 5.18. The molecule has 1 heterocycles. The average Bonchev–Trinajstić information content (AvgIpc) is 3.03. The van der Waals surface area contributed by atoms with Crippen molar-refractivity contribution in [1.29, 1.82) is 0 Å². The Bertz CT molecular complexity index is 671. The maximum Gasteiger partial charge on any atom is 1.00 e. The third kappa shape index (κ3) is 7.08. The molecule has 0 unspecified atom stereocenters. The zero-order valence-electron chi connectivity index (χ0n) is 14.0. The Kier molecular flexibility index (Phi) is 7.82. The molecule has 0 aliphatic rings. The van der Waals surface area contributed by atoms with Crippen molar-refractivity contribution in [1.82, 2.24) is 20.7 Å². The summed E-state index contributed by atoms with van der Waals surface area (Å²) < 4.78 is 10.4. The van der Waals surface area contributed by atoms with Gasteiger partial charge < -0.3 is 26.1 Å². The van der Waals surface area contributed by atoms with E-state index in [0.717, 1.165) is 0 Å². The molecule has 2 N–H and O–H groups in total. The van der Waals surface area contributed by atoms with Gasteiger partial charge in [-0.2, -0.15) is 0 Å². The third-order valence-electron chi connectivity index (χ3n) is 2.81. The standard InChI is InChI=1S/C16H19N4O4.Au/c1-16(2,3)24-14(21)13(11-7-5-4-6-8-11)18-15(22)23-10-12-9-17-20-19-12;/h4-8,13H,10H2,1-3H3,(H,18,22)(H,17,19,20);/q-1;+1/t13-;/m1./s1. The fourth-order valence-corrected chi connectivity index (χ4v) is 1.84. The predicted octanol–water partition coefficient (Wildman–Crippen LogP) is 1.91. The molecular formula is C16H19AuN4O4. The first kappa shape index (κ1) is 20.9. The molecule has 2 aromatic rings. The number of H-pyrrole nitrogens is 1. The molecule has 0 bridgehead atoms. The van der Waals surface area contributed by atoms with Gasteiger partial charge in [0.25, 0.3) is 0 Å². The largest absolute Gasteiger partial charge is 1.00 e. The Hall–Kier alpha value is -2.16. The van der Waals surface area contributed by atoms with Crippen molar-refractivity contribution in [2.24, 2.45) is 0 Å². The van der Waals surface area contributed by atoms with Crippen LogP contribution in [-0.4, -0.2) is 33.1 Å². The van der Waals surface area contributed by atoms with E-state index >= 15 is 0 Å². The molecule has 0 aliphatic heterocycles. The minimum absolute atomic E-state index is 0. The first-order valence-electron chi connectivity index (χ1n) is 7.34. The number of esters is 1. The molecule has 8 nitrogen and oxygen atoms in total. The molecule has 0 saturated carbocycles. The Morgan fingerprint density at radius 3 is 2.52 bits per heavy atom. The van der Waals surface area contributed by atoms with E-state index in [-0.39, 0.29) is 29.0 Å². The molecule has 1 aromatic carbocycles. The third-order valence-corrected chi connectivity index (χ3v) is 2.81. The van der Waals surface area contributed by atoms with E-state index in [4.69, 9.17) is 9.47 Å². The molecule has 1 atom stereocenters. The fourth-order valence-electron chi connectivity index (χ4n) is 1.84. The average molecular weight is 528 g/mol. The van der Waals surface area contributed by atoms with Gasteiger partial charge in [0, 0.05) is 0 Å². The van der Waals surface area contributed by atoms with Gasteiger partial charge >= 0.3 is 34.4 Å². The second-order valence-corrected chi connectivity index (χ2v) is 6.00. The van der Waals surface area contributed by atoms with Crippen LogP contribution in [0.4, 0.5) is 4.79 Å². The summed E-state index contributed by atoms with van der Waals surface area (Å²) in [4.78, 5) is 24.4. The summed E-state index contributed by atoms with van der Waals surface area (Å²) in [5.74, 6) is -0.569. The van der Waals surface area contributed by atoms with Crippen molar-refractivity contribution in [3.05, 3.63) is 47.8 Å². The number of alkyl carbamates (subject to hydrolysis) is 1. The van der Waals surface area contributed by atoms with Crippen LogP contribution in [0.1, 0.15) is 38.1 Å². The number of rotatable bonds is 5. The van der Waals surface area contributed by atoms with E-state index in [1.807, 2.05) is 6.07 Å². The number of hydrogen-bond acceptors (Lipinski definition) is 6. The van der Waals surface area contributed by atoms with Gasteiger partial charge in [-0.1, -0.05) is 36.0 Å². The number of carbonyl (C=O) groups excluding carboxylic acids is 2. The van der Waals surface area contributed by atoms with Crippen molar-refractivity contribution in [3.63, 3.8) is 0 Å². The van der Waals surface area contributed by atoms with Crippen LogP contribution in [0.5, 0.6) is 0 Å². The number of ether oxygens (including phenoxy) is 2. The topological polar surface area (TPSA) is 106 Å². The second kappa shape index (κ2) is 9.36. The Labute approximate surface area is 161 Å². The molecule has 138 valence electrons. The molecule has 0 aliphatic carbocycles. The van der Waals surface area contributed by atoms with E-state index in [0.29, 0.717) is 11.3 Å². The van der Waals surface area contributed by atoms with Gasteiger partial charge in [-0.25, -0.2) is 9.59 Å². The fraction of sp³-hybridized carbons (Fsp3) is 0.375. The molecule has 1 aromatic heterocycles. The van der Waals surface area contributed by atoms with Crippen molar-refractivity contribution in [3.8, 4) is 0 Å². The smallest absolute Gasteiger partial charge is 0.458 e. The molecule has 2 rings (SSSR count). The summed E-state index contributed by atoms with van der Waals surface area (Å²) in [6.07, 6.45) is 1.75.